The molecule has 19 heavy (non-hydrogen) atoms. The van der Waals surface area contributed by atoms with Gasteiger partial charge in [0.2, 0.25) is 0 Å². The molecule has 1 heterocycles. The van der Waals surface area contributed by atoms with Gasteiger partial charge in [0.1, 0.15) is 5.60 Å². The van der Waals surface area contributed by atoms with E-state index in [4.69, 9.17) is 15.6 Å². The smallest absolute Gasteiger partial charge is 0.410 e. The van der Waals surface area contributed by atoms with Gasteiger partial charge in [-0.3, -0.25) is 4.79 Å². The molecule has 110 valence electrons. The molecule has 2 unspecified atom stereocenters. The number of nitrogens with zero attached hydrogens (tertiary/aromatic N) is 1. The summed E-state index contributed by atoms with van der Waals surface area (Å²) < 4.78 is 5.34. The minimum Gasteiger partial charge on any atom is -0.481 e. The summed E-state index contributed by atoms with van der Waals surface area (Å²) in [5.41, 5.74) is 4.75. The Hall–Kier alpha value is -1.30. The Bertz CT molecular complexity index is 364. The van der Waals surface area contributed by atoms with E-state index in [1.54, 1.807) is 25.7 Å². The summed E-state index contributed by atoms with van der Waals surface area (Å²) in [6.07, 6.45) is 0.544. The van der Waals surface area contributed by atoms with Gasteiger partial charge in [-0.1, -0.05) is 6.92 Å². The van der Waals surface area contributed by atoms with E-state index in [2.05, 4.69) is 0 Å². The Labute approximate surface area is 113 Å². The molecule has 0 radical (unpaired) electrons. The zero-order valence-corrected chi connectivity index (χ0v) is 12.1. The van der Waals surface area contributed by atoms with E-state index in [1.165, 1.54) is 0 Å². The number of rotatable bonds is 3. The minimum absolute atomic E-state index is 0.134. The number of nitrogens with two attached hydrogens (primary N) is 1. The van der Waals surface area contributed by atoms with Crippen molar-refractivity contribution in [2.45, 2.75) is 64.1 Å². The molecular formula is C13H24N2O4. The molecule has 1 amide bonds. The van der Waals surface area contributed by atoms with Crippen molar-refractivity contribution in [3.8, 4) is 0 Å². The molecule has 2 atom stereocenters. The molecule has 1 fully saturated rings. The topological polar surface area (TPSA) is 92.9 Å². The monoisotopic (exact) mass is 272 g/mol. The zero-order chi connectivity index (χ0) is 14.8. The van der Waals surface area contributed by atoms with E-state index in [-0.39, 0.29) is 12.5 Å². The summed E-state index contributed by atoms with van der Waals surface area (Å²) in [4.78, 5) is 24.6. The number of hydrogen-bond acceptors (Lipinski definition) is 4. The third kappa shape index (κ3) is 3.83. The maximum atomic E-state index is 12.1. The highest BCUT2D eigenvalue weighted by molar-refractivity contribution is 5.72. The third-order valence-corrected chi connectivity index (χ3v) is 3.35. The first-order valence-electron chi connectivity index (χ1n) is 6.59. The highest BCUT2D eigenvalue weighted by Gasteiger charge is 2.47. The van der Waals surface area contributed by atoms with Crippen LogP contribution in [-0.4, -0.2) is 45.8 Å². The van der Waals surface area contributed by atoms with Crippen molar-refractivity contribution in [3.63, 3.8) is 0 Å². The van der Waals surface area contributed by atoms with Crippen molar-refractivity contribution >= 4 is 12.1 Å². The van der Waals surface area contributed by atoms with Gasteiger partial charge in [-0.05, 0) is 33.6 Å². The summed E-state index contributed by atoms with van der Waals surface area (Å²) in [6.45, 7) is 7.74. The van der Waals surface area contributed by atoms with Crippen molar-refractivity contribution in [1.82, 2.24) is 4.90 Å². The number of amides is 1. The fourth-order valence-corrected chi connectivity index (χ4v) is 2.62. The zero-order valence-electron chi connectivity index (χ0n) is 12.1. The van der Waals surface area contributed by atoms with Gasteiger partial charge in [0.15, 0.2) is 0 Å². The fourth-order valence-electron chi connectivity index (χ4n) is 2.62. The summed E-state index contributed by atoms with van der Waals surface area (Å²) in [7, 11) is 0. The Morgan fingerprint density at radius 3 is 2.47 bits per heavy atom. The van der Waals surface area contributed by atoms with Crippen LogP contribution in [0.2, 0.25) is 0 Å². The van der Waals surface area contributed by atoms with E-state index >= 15 is 0 Å². The number of carbonyl (C=O) groups is 2. The van der Waals surface area contributed by atoms with Crippen LogP contribution in [0.3, 0.4) is 0 Å². The molecule has 1 saturated heterocycles. The molecule has 0 aromatic heterocycles. The molecule has 0 aromatic carbocycles. The number of carboxylic acid groups (broad SMARTS) is 1. The van der Waals surface area contributed by atoms with Gasteiger partial charge in [-0.15, -0.1) is 0 Å². The van der Waals surface area contributed by atoms with Crippen molar-refractivity contribution < 1.29 is 19.4 Å². The van der Waals surface area contributed by atoms with Crippen LogP contribution in [0.4, 0.5) is 4.79 Å². The first-order valence-corrected chi connectivity index (χ1v) is 6.59. The number of carboxylic acids is 1. The fraction of sp³-hybridized carbons (Fsp3) is 0.846. The SMILES string of the molecule is CCC1N(C(=O)OC(C)(C)C)CCC1(N)CC(=O)O. The lowest BCUT2D eigenvalue weighted by Gasteiger charge is -2.34. The molecule has 1 aliphatic heterocycles. The van der Waals surface area contributed by atoms with E-state index < -0.39 is 23.2 Å². The lowest BCUT2D eigenvalue weighted by atomic mass is 9.86. The van der Waals surface area contributed by atoms with Crippen LogP contribution in [0.1, 0.15) is 47.0 Å². The van der Waals surface area contributed by atoms with Gasteiger partial charge in [0.25, 0.3) is 0 Å². The van der Waals surface area contributed by atoms with Crippen LogP contribution in [0, 0.1) is 0 Å². The summed E-state index contributed by atoms with van der Waals surface area (Å²) >= 11 is 0. The standard InChI is InChI=1S/C13H24N2O4/c1-5-9-13(14,8-10(16)17)6-7-15(9)11(18)19-12(2,3)4/h9H,5-8,14H2,1-4H3,(H,16,17). The van der Waals surface area contributed by atoms with E-state index in [0.717, 1.165) is 0 Å². The maximum absolute atomic E-state index is 12.1. The van der Waals surface area contributed by atoms with Gasteiger partial charge in [-0.2, -0.15) is 0 Å². The molecule has 1 rings (SSSR count). The van der Waals surface area contributed by atoms with Crippen molar-refractivity contribution in [1.29, 1.82) is 0 Å². The van der Waals surface area contributed by atoms with E-state index in [1.807, 2.05) is 6.92 Å². The second-order valence-electron chi connectivity index (χ2n) is 6.15. The minimum atomic E-state index is -0.938. The number of ether oxygens (including phenoxy) is 1. The van der Waals surface area contributed by atoms with Gasteiger partial charge < -0.3 is 20.5 Å². The Morgan fingerprint density at radius 1 is 1.47 bits per heavy atom. The quantitative estimate of drug-likeness (QED) is 0.813. The average Bonchev–Trinajstić information content (AvgIpc) is 2.51. The predicted molar refractivity (Wildman–Crippen MR) is 70.8 cm³/mol. The Kier molecular flexibility index (Phi) is 4.45. The molecule has 3 N–H and O–H groups in total. The highest BCUT2D eigenvalue weighted by atomic mass is 16.6. The van der Waals surface area contributed by atoms with Crippen LogP contribution >= 0.6 is 0 Å². The molecule has 0 spiro atoms. The number of aliphatic carboxylic acids is 1. The van der Waals surface area contributed by atoms with Crippen LogP contribution in [0.25, 0.3) is 0 Å². The predicted octanol–water partition coefficient (Wildman–Crippen LogP) is 1.58. The lowest BCUT2D eigenvalue weighted by molar-refractivity contribution is -0.138. The molecule has 0 bridgehead atoms. The summed E-state index contributed by atoms with van der Waals surface area (Å²) in [6, 6.07) is -0.293. The largest absolute Gasteiger partial charge is 0.481 e. The van der Waals surface area contributed by atoms with Crippen molar-refractivity contribution in [3.05, 3.63) is 0 Å². The molecular weight excluding hydrogens is 248 g/mol. The van der Waals surface area contributed by atoms with E-state index in [9.17, 15) is 9.59 Å². The van der Waals surface area contributed by atoms with Gasteiger partial charge >= 0.3 is 12.1 Å². The van der Waals surface area contributed by atoms with Crippen LogP contribution in [-0.2, 0) is 9.53 Å². The van der Waals surface area contributed by atoms with Gasteiger partial charge in [-0.25, -0.2) is 4.79 Å². The molecule has 0 aromatic rings. The number of hydrogen-bond donors (Lipinski definition) is 2. The van der Waals surface area contributed by atoms with Crippen LogP contribution in [0.5, 0.6) is 0 Å². The van der Waals surface area contributed by atoms with Crippen molar-refractivity contribution in [2.24, 2.45) is 5.73 Å². The van der Waals surface area contributed by atoms with E-state index in [0.29, 0.717) is 19.4 Å². The van der Waals surface area contributed by atoms with Crippen LogP contribution in [0.15, 0.2) is 0 Å². The number of likely N-dealkylation sites (tertiary alicyclic amines) is 1. The molecule has 0 aliphatic carbocycles. The molecule has 6 heteroatoms. The normalized spacial score (nSPS) is 27.4. The summed E-state index contributed by atoms with van der Waals surface area (Å²) in [5, 5.41) is 8.95. The third-order valence-electron chi connectivity index (χ3n) is 3.35. The molecule has 0 saturated carbocycles. The summed E-state index contributed by atoms with van der Waals surface area (Å²) in [5.74, 6) is -0.938. The second-order valence-corrected chi connectivity index (χ2v) is 6.15. The first-order chi connectivity index (χ1) is 8.59. The van der Waals surface area contributed by atoms with Gasteiger partial charge in [0.05, 0.1) is 12.5 Å². The lowest BCUT2D eigenvalue weighted by Crippen LogP contribution is -2.54. The maximum Gasteiger partial charge on any atom is 0.410 e. The molecule has 1 aliphatic rings. The van der Waals surface area contributed by atoms with Gasteiger partial charge in [0, 0.05) is 12.1 Å². The van der Waals surface area contributed by atoms with Crippen molar-refractivity contribution in [2.75, 3.05) is 6.54 Å². The Balaban J connectivity index is 2.82. The molecule has 6 nitrogen and oxygen atoms in total. The number of carbonyl (C=O) groups excluding carboxylic acids is 1. The average molecular weight is 272 g/mol. The first kappa shape index (κ1) is 15.8. The second kappa shape index (κ2) is 5.36. The highest BCUT2D eigenvalue weighted by Crippen LogP contribution is 2.32. The Morgan fingerprint density at radius 2 is 2.05 bits per heavy atom. The van der Waals surface area contributed by atoms with Crippen LogP contribution < -0.4 is 5.73 Å².